The van der Waals surface area contributed by atoms with Gasteiger partial charge in [-0.25, -0.2) is 4.98 Å². The molecule has 0 saturated carbocycles. The normalized spacial score (nSPS) is 11.2. The Bertz CT molecular complexity index is 853. The van der Waals surface area contributed by atoms with Crippen LogP contribution >= 0.6 is 0 Å². The second-order valence-electron chi connectivity index (χ2n) is 5.82. The molecule has 23 heavy (non-hydrogen) atoms. The highest BCUT2D eigenvalue weighted by Gasteiger charge is 2.15. The van der Waals surface area contributed by atoms with Crippen molar-refractivity contribution in [1.82, 2.24) is 10.1 Å². The van der Waals surface area contributed by atoms with Crippen LogP contribution in [0.1, 0.15) is 31.1 Å². The van der Waals surface area contributed by atoms with Crippen molar-refractivity contribution in [2.45, 2.75) is 26.7 Å². The van der Waals surface area contributed by atoms with E-state index < -0.39 is 0 Å². The van der Waals surface area contributed by atoms with Gasteiger partial charge in [0.15, 0.2) is 0 Å². The average Bonchev–Trinajstić information content (AvgIpc) is 3.03. The summed E-state index contributed by atoms with van der Waals surface area (Å²) in [5.74, 6) is 2.60. The lowest BCUT2D eigenvalue weighted by atomic mass is 10.1. The Kier molecular flexibility index (Phi) is 3.94. The third-order valence-electron chi connectivity index (χ3n) is 3.86. The van der Waals surface area contributed by atoms with Gasteiger partial charge in [0, 0.05) is 29.5 Å². The SMILES string of the molecule is COc1cc(OC)c2c(C)cc(-c3cc(C(C)C)on3)nc2c1. The molecule has 3 aromatic rings. The summed E-state index contributed by atoms with van der Waals surface area (Å²) in [4.78, 5) is 4.71. The topological polar surface area (TPSA) is 57.4 Å². The molecular weight excluding hydrogens is 292 g/mol. The van der Waals surface area contributed by atoms with Crippen LogP contribution in [0.3, 0.4) is 0 Å². The fraction of sp³-hybridized carbons (Fsp3) is 0.333. The van der Waals surface area contributed by atoms with Crippen LogP contribution < -0.4 is 9.47 Å². The van der Waals surface area contributed by atoms with Crippen LogP contribution in [0.5, 0.6) is 11.5 Å². The predicted octanol–water partition coefficient (Wildman–Crippen LogP) is 4.34. The van der Waals surface area contributed by atoms with Crippen molar-refractivity contribution in [2.75, 3.05) is 14.2 Å². The first-order valence-electron chi connectivity index (χ1n) is 7.54. The molecule has 0 N–H and O–H groups in total. The maximum atomic E-state index is 5.48. The Labute approximate surface area is 135 Å². The fourth-order valence-corrected chi connectivity index (χ4v) is 2.59. The van der Waals surface area contributed by atoms with E-state index in [1.54, 1.807) is 14.2 Å². The van der Waals surface area contributed by atoms with E-state index in [1.807, 2.05) is 31.2 Å². The molecule has 0 aliphatic rings. The number of rotatable bonds is 4. The zero-order valence-electron chi connectivity index (χ0n) is 14.0. The first-order chi connectivity index (χ1) is 11.0. The summed E-state index contributed by atoms with van der Waals surface area (Å²) in [5.41, 5.74) is 3.39. The lowest BCUT2D eigenvalue weighted by Gasteiger charge is -2.11. The van der Waals surface area contributed by atoms with Crippen molar-refractivity contribution in [3.8, 4) is 22.9 Å². The van der Waals surface area contributed by atoms with Gasteiger partial charge in [0.25, 0.3) is 0 Å². The van der Waals surface area contributed by atoms with E-state index in [2.05, 4.69) is 19.0 Å². The van der Waals surface area contributed by atoms with Crippen LogP contribution in [0.2, 0.25) is 0 Å². The summed E-state index contributed by atoms with van der Waals surface area (Å²) in [7, 11) is 3.28. The van der Waals surface area contributed by atoms with Crippen LogP contribution in [-0.2, 0) is 0 Å². The maximum absolute atomic E-state index is 5.48. The monoisotopic (exact) mass is 312 g/mol. The largest absolute Gasteiger partial charge is 0.497 e. The van der Waals surface area contributed by atoms with E-state index in [-0.39, 0.29) is 5.92 Å². The van der Waals surface area contributed by atoms with Crippen molar-refractivity contribution >= 4 is 10.9 Å². The summed E-state index contributed by atoms with van der Waals surface area (Å²) in [6.45, 7) is 6.17. The van der Waals surface area contributed by atoms with Gasteiger partial charge in [-0.15, -0.1) is 0 Å². The number of ether oxygens (including phenoxy) is 2. The summed E-state index contributed by atoms with van der Waals surface area (Å²) in [6.07, 6.45) is 0. The molecule has 5 nitrogen and oxygen atoms in total. The van der Waals surface area contributed by atoms with E-state index in [1.165, 1.54) is 0 Å². The molecule has 0 saturated heterocycles. The summed E-state index contributed by atoms with van der Waals surface area (Å²) in [5, 5.41) is 5.12. The van der Waals surface area contributed by atoms with Crippen LogP contribution in [0.15, 0.2) is 28.8 Å². The highest BCUT2D eigenvalue weighted by Crippen LogP contribution is 2.34. The molecule has 3 rings (SSSR count). The van der Waals surface area contributed by atoms with E-state index in [0.29, 0.717) is 5.75 Å². The molecule has 0 spiro atoms. The van der Waals surface area contributed by atoms with Gasteiger partial charge >= 0.3 is 0 Å². The number of aromatic nitrogens is 2. The number of methoxy groups -OCH3 is 2. The standard InChI is InChI=1S/C18H20N2O3/c1-10(2)16-9-14(20-23-16)13-6-11(3)18-15(19-13)7-12(21-4)8-17(18)22-5/h6-10H,1-5H3. The van der Waals surface area contributed by atoms with Crippen molar-refractivity contribution in [3.05, 3.63) is 35.6 Å². The zero-order chi connectivity index (χ0) is 16.6. The number of fused-ring (bicyclic) bond motifs is 1. The Balaban J connectivity index is 2.19. The molecule has 0 amide bonds. The zero-order valence-corrected chi connectivity index (χ0v) is 14.0. The quantitative estimate of drug-likeness (QED) is 0.717. The van der Waals surface area contributed by atoms with Gasteiger partial charge in [-0.3, -0.25) is 0 Å². The van der Waals surface area contributed by atoms with E-state index in [9.17, 15) is 0 Å². The fourth-order valence-electron chi connectivity index (χ4n) is 2.59. The van der Waals surface area contributed by atoms with Crippen molar-refractivity contribution in [3.63, 3.8) is 0 Å². The van der Waals surface area contributed by atoms with Gasteiger partial charge < -0.3 is 14.0 Å². The van der Waals surface area contributed by atoms with Crippen molar-refractivity contribution in [1.29, 1.82) is 0 Å². The average molecular weight is 312 g/mol. The van der Waals surface area contributed by atoms with Gasteiger partial charge in [-0.2, -0.15) is 0 Å². The minimum absolute atomic E-state index is 0.290. The highest BCUT2D eigenvalue weighted by molar-refractivity contribution is 5.91. The molecular formula is C18H20N2O3. The number of aryl methyl sites for hydroxylation is 1. The second kappa shape index (κ2) is 5.91. The number of hydrogen-bond acceptors (Lipinski definition) is 5. The van der Waals surface area contributed by atoms with Crippen molar-refractivity contribution < 1.29 is 14.0 Å². The molecule has 2 aromatic heterocycles. The molecule has 5 heteroatoms. The maximum Gasteiger partial charge on any atom is 0.139 e. The number of pyridine rings is 1. The van der Waals surface area contributed by atoms with Crippen LogP contribution in [0.25, 0.3) is 22.3 Å². The lowest BCUT2D eigenvalue weighted by molar-refractivity contribution is 0.373. The molecule has 0 fully saturated rings. The lowest BCUT2D eigenvalue weighted by Crippen LogP contribution is -1.94. The number of benzene rings is 1. The van der Waals surface area contributed by atoms with E-state index in [0.717, 1.165) is 39.4 Å². The number of nitrogens with zero attached hydrogens (tertiary/aromatic N) is 2. The summed E-state index contributed by atoms with van der Waals surface area (Å²) >= 11 is 0. The van der Waals surface area contributed by atoms with Crippen LogP contribution in [0.4, 0.5) is 0 Å². The molecule has 0 radical (unpaired) electrons. The molecule has 2 heterocycles. The predicted molar refractivity (Wildman–Crippen MR) is 89.2 cm³/mol. The van der Waals surface area contributed by atoms with Gasteiger partial charge in [-0.1, -0.05) is 19.0 Å². The van der Waals surface area contributed by atoms with Crippen molar-refractivity contribution in [2.24, 2.45) is 0 Å². The van der Waals surface area contributed by atoms with Crippen LogP contribution in [0, 0.1) is 6.92 Å². The Morgan fingerprint density at radius 2 is 1.78 bits per heavy atom. The van der Waals surface area contributed by atoms with Gasteiger partial charge in [0.1, 0.15) is 23.0 Å². The number of hydrogen-bond donors (Lipinski definition) is 0. The molecule has 0 aliphatic heterocycles. The minimum atomic E-state index is 0.290. The van der Waals surface area contributed by atoms with Gasteiger partial charge in [0.2, 0.25) is 0 Å². The first-order valence-corrected chi connectivity index (χ1v) is 7.54. The van der Waals surface area contributed by atoms with E-state index >= 15 is 0 Å². The van der Waals surface area contributed by atoms with Crippen LogP contribution in [-0.4, -0.2) is 24.4 Å². The minimum Gasteiger partial charge on any atom is -0.497 e. The Morgan fingerprint density at radius 1 is 1.00 bits per heavy atom. The Hall–Kier alpha value is -2.56. The first kappa shape index (κ1) is 15.3. The Morgan fingerprint density at radius 3 is 2.39 bits per heavy atom. The third-order valence-corrected chi connectivity index (χ3v) is 3.86. The molecule has 0 aliphatic carbocycles. The molecule has 1 aromatic carbocycles. The van der Waals surface area contributed by atoms with Gasteiger partial charge in [-0.05, 0) is 18.6 Å². The smallest absolute Gasteiger partial charge is 0.139 e. The molecule has 0 atom stereocenters. The molecule has 0 unspecified atom stereocenters. The summed E-state index contributed by atoms with van der Waals surface area (Å²) in [6, 6.07) is 7.70. The molecule has 120 valence electrons. The second-order valence-corrected chi connectivity index (χ2v) is 5.82. The highest BCUT2D eigenvalue weighted by atomic mass is 16.5. The van der Waals surface area contributed by atoms with E-state index in [4.69, 9.17) is 19.0 Å². The molecule has 0 bridgehead atoms. The van der Waals surface area contributed by atoms with Gasteiger partial charge in [0.05, 0.1) is 25.4 Å². The summed E-state index contributed by atoms with van der Waals surface area (Å²) < 4.78 is 16.2. The third kappa shape index (κ3) is 2.74.